The molecule has 2 aromatic rings. The Labute approximate surface area is 200 Å². The zero-order chi connectivity index (χ0) is 24.6. The van der Waals surface area contributed by atoms with Crippen LogP contribution >= 0.6 is 0 Å². The summed E-state index contributed by atoms with van der Waals surface area (Å²) in [4.78, 5) is 13.1. The van der Waals surface area contributed by atoms with Crippen LogP contribution in [-0.2, 0) is 12.0 Å². The van der Waals surface area contributed by atoms with Gasteiger partial charge in [-0.05, 0) is 87.6 Å². The summed E-state index contributed by atoms with van der Waals surface area (Å²) in [5.74, 6) is 0.544. The van der Waals surface area contributed by atoms with Crippen LogP contribution in [0.25, 0.3) is 11.3 Å². The van der Waals surface area contributed by atoms with Crippen molar-refractivity contribution >= 4 is 5.91 Å². The van der Waals surface area contributed by atoms with E-state index in [1.165, 1.54) is 54.4 Å². The third kappa shape index (κ3) is 6.09. The second kappa shape index (κ2) is 9.66. The van der Waals surface area contributed by atoms with Gasteiger partial charge in [0.1, 0.15) is 0 Å². The van der Waals surface area contributed by atoms with Gasteiger partial charge in [0.05, 0.1) is 11.2 Å². The van der Waals surface area contributed by atoms with E-state index in [0.717, 1.165) is 17.9 Å². The van der Waals surface area contributed by atoms with Gasteiger partial charge in [-0.3, -0.25) is 4.79 Å². The number of aliphatic hydroxyl groups is 1. The van der Waals surface area contributed by atoms with Gasteiger partial charge < -0.3 is 15.0 Å². The fourth-order valence-corrected chi connectivity index (χ4v) is 4.91. The fraction of sp³-hybridized carbons (Fsp3) is 0.621. The van der Waals surface area contributed by atoms with Crippen molar-refractivity contribution < 1.29 is 9.90 Å². The second-order valence-corrected chi connectivity index (χ2v) is 11.9. The van der Waals surface area contributed by atoms with E-state index in [-0.39, 0.29) is 17.9 Å². The molecule has 0 unspecified atom stereocenters. The Morgan fingerprint density at radius 3 is 2.24 bits per heavy atom. The molecule has 1 amide bonds. The highest BCUT2D eigenvalue weighted by molar-refractivity contribution is 5.97. The van der Waals surface area contributed by atoms with Crippen molar-refractivity contribution in [2.45, 2.75) is 105 Å². The molecule has 4 heteroatoms. The summed E-state index contributed by atoms with van der Waals surface area (Å²) in [5.41, 5.74) is 7.07. The standard InChI is InChI=1S/C29H44N2O2/c1-19-14-23(28(4,5)6)15-24(20(19)2)26-16-25(27(32)30-18-29(7,8)33)21(3)31(26)17-22-12-10-9-11-13-22/h14-16,22,33H,9-13,17-18H2,1-8H3,(H,30,32). The first-order chi connectivity index (χ1) is 15.3. The Balaban J connectivity index is 2.11. The quantitative estimate of drug-likeness (QED) is 0.528. The number of aromatic nitrogens is 1. The molecule has 0 radical (unpaired) electrons. The Kier molecular flexibility index (Phi) is 7.48. The first-order valence-electron chi connectivity index (χ1n) is 12.6. The van der Waals surface area contributed by atoms with Crippen LogP contribution in [0.5, 0.6) is 0 Å². The molecule has 1 heterocycles. The Hall–Kier alpha value is -2.07. The number of rotatable bonds is 6. The highest BCUT2D eigenvalue weighted by Crippen LogP contribution is 2.36. The number of hydrogen-bond acceptors (Lipinski definition) is 2. The largest absolute Gasteiger partial charge is 0.389 e. The van der Waals surface area contributed by atoms with Crippen LogP contribution in [0.1, 0.15) is 99.5 Å². The normalized spacial score (nSPS) is 15.7. The topological polar surface area (TPSA) is 54.3 Å². The molecule has 0 saturated heterocycles. The highest BCUT2D eigenvalue weighted by Gasteiger charge is 2.25. The van der Waals surface area contributed by atoms with Gasteiger partial charge in [-0.2, -0.15) is 0 Å². The molecular weight excluding hydrogens is 408 g/mol. The number of carbonyl (C=O) groups excluding carboxylic acids is 1. The summed E-state index contributed by atoms with van der Waals surface area (Å²) in [6.07, 6.45) is 6.47. The minimum atomic E-state index is -0.939. The zero-order valence-corrected chi connectivity index (χ0v) is 22.1. The van der Waals surface area contributed by atoms with Gasteiger partial charge in [-0.1, -0.05) is 46.1 Å². The van der Waals surface area contributed by atoms with Gasteiger partial charge in [0, 0.05) is 30.0 Å². The molecule has 33 heavy (non-hydrogen) atoms. The lowest BCUT2D eigenvalue weighted by atomic mass is 9.83. The lowest BCUT2D eigenvalue weighted by Gasteiger charge is -2.26. The highest BCUT2D eigenvalue weighted by atomic mass is 16.3. The molecule has 0 atom stereocenters. The van der Waals surface area contributed by atoms with Crippen molar-refractivity contribution in [3.05, 3.63) is 46.1 Å². The number of nitrogens with zero attached hydrogens (tertiary/aromatic N) is 1. The molecule has 4 nitrogen and oxygen atoms in total. The molecule has 1 aromatic heterocycles. The van der Waals surface area contributed by atoms with Crippen molar-refractivity contribution in [2.24, 2.45) is 5.92 Å². The monoisotopic (exact) mass is 452 g/mol. The van der Waals surface area contributed by atoms with Crippen LogP contribution in [-0.4, -0.2) is 27.7 Å². The number of benzene rings is 1. The molecular formula is C29H44N2O2. The minimum absolute atomic E-state index is 0.0515. The van der Waals surface area contributed by atoms with E-state index in [1.54, 1.807) is 13.8 Å². The van der Waals surface area contributed by atoms with E-state index in [4.69, 9.17) is 0 Å². The molecule has 0 aliphatic heterocycles. The first kappa shape index (κ1) is 25.6. The maximum atomic E-state index is 13.1. The van der Waals surface area contributed by atoms with Crippen LogP contribution in [0, 0.1) is 26.7 Å². The number of carbonyl (C=O) groups is 1. The SMILES string of the molecule is Cc1cc(C(C)(C)C)cc(-c2cc(C(=O)NCC(C)(C)O)c(C)n2CC2CCCCC2)c1C. The third-order valence-corrected chi connectivity index (χ3v) is 7.27. The average Bonchev–Trinajstić information content (AvgIpc) is 3.04. The summed E-state index contributed by atoms with van der Waals surface area (Å²) in [6, 6.07) is 6.70. The maximum absolute atomic E-state index is 13.1. The molecule has 1 aliphatic carbocycles. The molecule has 3 rings (SSSR count). The molecule has 1 aromatic carbocycles. The maximum Gasteiger partial charge on any atom is 0.253 e. The summed E-state index contributed by atoms with van der Waals surface area (Å²) in [5, 5.41) is 13.0. The molecule has 0 spiro atoms. The van der Waals surface area contributed by atoms with E-state index < -0.39 is 5.60 Å². The van der Waals surface area contributed by atoms with E-state index >= 15 is 0 Å². The smallest absolute Gasteiger partial charge is 0.253 e. The third-order valence-electron chi connectivity index (χ3n) is 7.27. The van der Waals surface area contributed by atoms with Gasteiger partial charge in [-0.15, -0.1) is 0 Å². The summed E-state index contributed by atoms with van der Waals surface area (Å²) < 4.78 is 2.39. The van der Waals surface area contributed by atoms with Gasteiger partial charge in [0.15, 0.2) is 0 Å². The second-order valence-electron chi connectivity index (χ2n) is 11.9. The number of nitrogens with one attached hydrogen (secondary N) is 1. The first-order valence-corrected chi connectivity index (χ1v) is 12.6. The van der Waals surface area contributed by atoms with Gasteiger partial charge in [-0.25, -0.2) is 0 Å². The molecule has 1 saturated carbocycles. The Bertz CT molecular complexity index is 996. The van der Waals surface area contributed by atoms with Crippen molar-refractivity contribution in [2.75, 3.05) is 6.54 Å². The molecule has 1 aliphatic rings. The summed E-state index contributed by atoms with van der Waals surface area (Å²) in [6.45, 7) is 17.8. The lowest BCUT2D eigenvalue weighted by molar-refractivity contribution is 0.0694. The summed E-state index contributed by atoms with van der Waals surface area (Å²) >= 11 is 0. The predicted octanol–water partition coefficient (Wildman–Crippen LogP) is 6.46. The fourth-order valence-electron chi connectivity index (χ4n) is 4.91. The number of aryl methyl sites for hydroxylation is 1. The van der Waals surface area contributed by atoms with Crippen LogP contribution in [0.15, 0.2) is 18.2 Å². The van der Waals surface area contributed by atoms with E-state index in [2.05, 4.69) is 69.6 Å². The molecule has 2 N–H and O–H groups in total. The van der Waals surface area contributed by atoms with E-state index in [0.29, 0.717) is 11.5 Å². The van der Waals surface area contributed by atoms with Crippen molar-refractivity contribution in [1.29, 1.82) is 0 Å². The predicted molar refractivity (Wildman–Crippen MR) is 138 cm³/mol. The Morgan fingerprint density at radius 2 is 1.67 bits per heavy atom. The van der Waals surface area contributed by atoms with Gasteiger partial charge in [0.25, 0.3) is 5.91 Å². The number of hydrogen-bond donors (Lipinski definition) is 2. The van der Waals surface area contributed by atoms with Gasteiger partial charge >= 0.3 is 0 Å². The Morgan fingerprint density at radius 1 is 1.03 bits per heavy atom. The zero-order valence-electron chi connectivity index (χ0n) is 22.1. The van der Waals surface area contributed by atoms with Crippen LogP contribution in [0.3, 0.4) is 0 Å². The van der Waals surface area contributed by atoms with Crippen molar-refractivity contribution in [3.8, 4) is 11.3 Å². The van der Waals surface area contributed by atoms with Crippen LogP contribution in [0.2, 0.25) is 0 Å². The average molecular weight is 453 g/mol. The molecule has 0 bridgehead atoms. The molecule has 1 fully saturated rings. The van der Waals surface area contributed by atoms with Crippen LogP contribution in [0.4, 0.5) is 0 Å². The minimum Gasteiger partial charge on any atom is -0.389 e. The summed E-state index contributed by atoms with van der Waals surface area (Å²) in [7, 11) is 0. The van der Waals surface area contributed by atoms with Crippen LogP contribution < -0.4 is 5.32 Å². The van der Waals surface area contributed by atoms with Crippen molar-refractivity contribution in [3.63, 3.8) is 0 Å². The van der Waals surface area contributed by atoms with Crippen molar-refractivity contribution in [1.82, 2.24) is 9.88 Å². The lowest BCUT2D eigenvalue weighted by Crippen LogP contribution is -2.38. The number of amides is 1. The van der Waals surface area contributed by atoms with E-state index in [1.807, 2.05) is 0 Å². The molecule has 182 valence electrons. The van der Waals surface area contributed by atoms with E-state index in [9.17, 15) is 9.90 Å². The van der Waals surface area contributed by atoms with Gasteiger partial charge in [0.2, 0.25) is 0 Å².